The zero-order chi connectivity index (χ0) is 12.5. The predicted octanol–water partition coefficient (Wildman–Crippen LogP) is 1.52. The zero-order valence-corrected chi connectivity index (χ0v) is 10.8. The van der Waals surface area contributed by atoms with Crippen molar-refractivity contribution in [3.05, 3.63) is 17.8 Å². The Hall–Kier alpha value is -1.30. The lowest BCUT2D eigenvalue weighted by molar-refractivity contribution is 0.0994. The van der Waals surface area contributed by atoms with E-state index in [9.17, 15) is 4.79 Å². The number of nitrogens with two attached hydrogens (primary N) is 1. The average Bonchev–Trinajstić information content (AvgIpc) is 2.34. The van der Waals surface area contributed by atoms with Gasteiger partial charge in [0.1, 0.15) is 5.82 Å². The van der Waals surface area contributed by atoms with Gasteiger partial charge in [0.25, 0.3) is 5.91 Å². The summed E-state index contributed by atoms with van der Waals surface area (Å²) in [5.41, 5.74) is 5.26. The summed E-state index contributed by atoms with van der Waals surface area (Å²) in [5.74, 6) is 1.34. The molecule has 1 amide bonds. The minimum Gasteiger partial charge on any atom is -0.369 e. The maximum atomic E-state index is 10.8. The minimum absolute atomic E-state index is 0.190. The molecule has 5 nitrogen and oxygen atoms in total. The van der Waals surface area contributed by atoms with Crippen molar-refractivity contribution in [2.75, 3.05) is 23.9 Å². The van der Waals surface area contributed by atoms with Gasteiger partial charge in [0, 0.05) is 6.54 Å². The molecule has 0 unspecified atom stereocenters. The Morgan fingerprint density at radius 3 is 2.76 bits per heavy atom. The summed E-state index contributed by atoms with van der Waals surface area (Å²) in [6.45, 7) is 0.874. The number of hydrogen-bond donors (Lipinski definition) is 2. The van der Waals surface area contributed by atoms with Gasteiger partial charge in [-0.05, 0) is 37.0 Å². The van der Waals surface area contributed by atoms with E-state index in [2.05, 4.69) is 21.8 Å². The van der Waals surface area contributed by atoms with Gasteiger partial charge < -0.3 is 11.1 Å². The van der Waals surface area contributed by atoms with Gasteiger partial charge in [-0.1, -0.05) is 6.42 Å². The molecule has 0 spiro atoms. The number of aromatic nitrogens is 2. The van der Waals surface area contributed by atoms with E-state index in [1.165, 1.54) is 18.6 Å². The van der Waals surface area contributed by atoms with E-state index < -0.39 is 5.91 Å². The van der Waals surface area contributed by atoms with E-state index >= 15 is 0 Å². The van der Waals surface area contributed by atoms with E-state index in [0.29, 0.717) is 5.82 Å². The molecular formula is C11H18N4OS. The molecule has 17 heavy (non-hydrogen) atoms. The maximum absolute atomic E-state index is 10.8. The lowest BCUT2D eigenvalue weighted by Crippen LogP contribution is -2.14. The summed E-state index contributed by atoms with van der Waals surface area (Å²) in [4.78, 5) is 10.8. The van der Waals surface area contributed by atoms with Crippen LogP contribution in [0.4, 0.5) is 5.82 Å². The smallest absolute Gasteiger partial charge is 0.269 e. The number of anilines is 1. The van der Waals surface area contributed by atoms with Crippen LogP contribution in [0.2, 0.25) is 0 Å². The third kappa shape index (κ3) is 5.53. The second-order valence-electron chi connectivity index (χ2n) is 3.65. The van der Waals surface area contributed by atoms with Gasteiger partial charge in [-0.25, -0.2) is 0 Å². The van der Waals surface area contributed by atoms with E-state index in [0.717, 1.165) is 13.0 Å². The zero-order valence-electron chi connectivity index (χ0n) is 9.98. The van der Waals surface area contributed by atoms with Crippen LogP contribution in [-0.2, 0) is 0 Å². The fourth-order valence-corrected chi connectivity index (χ4v) is 1.82. The van der Waals surface area contributed by atoms with Crippen LogP contribution in [-0.4, -0.2) is 34.7 Å². The normalized spacial score (nSPS) is 10.2. The summed E-state index contributed by atoms with van der Waals surface area (Å²) in [6, 6.07) is 3.29. The van der Waals surface area contributed by atoms with Gasteiger partial charge in [-0.2, -0.15) is 11.8 Å². The number of thioether (sulfide) groups is 1. The summed E-state index contributed by atoms with van der Waals surface area (Å²) >= 11 is 1.87. The van der Waals surface area contributed by atoms with E-state index in [1.807, 2.05) is 11.8 Å². The SMILES string of the molecule is CSCCCCCNc1ccc(C(N)=O)nn1. The molecule has 0 aliphatic rings. The average molecular weight is 254 g/mol. The molecule has 0 fully saturated rings. The van der Waals surface area contributed by atoms with Crippen molar-refractivity contribution in [3.63, 3.8) is 0 Å². The predicted molar refractivity (Wildman–Crippen MR) is 71.3 cm³/mol. The Morgan fingerprint density at radius 1 is 1.35 bits per heavy atom. The van der Waals surface area contributed by atoms with E-state index in [-0.39, 0.29) is 5.69 Å². The molecule has 0 aromatic carbocycles. The first kappa shape index (κ1) is 13.8. The monoisotopic (exact) mass is 254 g/mol. The molecule has 0 aliphatic carbocycles. The first-order valence-corrected chi connectivity index (χ1v) is 7.00. The Labute approximate surface area is 106 Å². The quantitative estimate of drug-likeness (QED) is 0.687. The van der Waals surface area contributed by atoms with Gasteiger partial charge in [-0.15, -0.1) is 10.2 Å². The molecule has 6 heteroatoms. The Kier molecular flexibility index (Phi) is 6.39. The number of hydrogen-bond acceptors (Lipinski definition) is 5. The fourth-order valence-electron chi connectivity index (χ4n) is 1.32. The number of primary amides is 1. The molecular weight excluding hydrogens is 236 g/mol. The minimum atomic E-state index is -0.555. The van der Waals surface area contributed by atoms with Gasteiger partial charge in [0.05, 0.1) is 0 Å². The molecule has 1 aromatic heterocycles. The van der Waals surface area contributed by atoms with Crippen LogP contribution < -0.4 is 11.1 Å². The largest absolute Gasteiger partial charge is 0.369 e. The van der Waals surface area contributed by atoms with Crippen molar-refractivity contribution >= 4 is 23.5 Å². The molecule has 1 rings (SSSR count). The van der Waals surface area contributed by atoms with Gasteiger partial charge in [-0.3, -0.25) is 4.79 Å². The molecule has 0 bridgehead atoms. The second kappa shape index (κ2) is 7.89. The molecule has 1 heterocycles. The molecule has 0 saturated carbocycles. The third-order valence-electron chi connectivity index (χ3n) is 2.25. The first-order chi connectivity index (χ1) is 8.24. The molecule has 0 saturated heterocycles. The summed E-state index contributed by atoms with van der Waals surface area (Å²) < 4.78 is 0. The van der Waals surface area contributed by atoms with Crippen molar-refractivity contribution in [3.8, 4) is 0 Å². The lowest BCUT2D eigenvalue weighted by Gasteiger charge is -2.04. The van der Waals surface area contributed by atoms with Crippen molar-refractivity contribution in [1.29, 1.82) is 0 Å². The molecule has 0 aliphatic heterocycles. The number of nitrogens with one attached hydrogen (secondary N) is 1. The summed E-state index contributed by atoms with van der Waals surface area (Å²) in [7, 11) is 0. The number of amides is 1. The van der Waals surface area contributed by atoms with Crippen LogP contribution >= 0.6 is 11.8 Å². The molecule has 3 N–H and O–H groups in total. The number of carbonyl (C=O) groups is 1. The Bertz CT molecular complexity index is 342. The van der Waals surface area contributed by atoms with Gasteiger partial charge >= 0.3 is 0 Å². The van der Waals surface area contributed by atoms with Crippen LogP contribution in [0.25, 0.3) is 0 Å². The van der Waals surface area contributed by atoms with Crippen molar-refractivity contribution < 1.29 is 4.79 Å². The summed E-state index contributed by atoms with van der Waals surface area (Å²) in [6.07, 6.45) is 5.68. The Balaban J connectivity index is 2.21. The highest BCUT2D eigenvalue weighted by Gasteiger charge is 2.02. The van der Waals surface area contributed by atoms with Crippen LogP contribution in [0.3, 0.4) is 0 Å². The summed E-state index contributed by atoms with van der Waals surface area (Å²) in [5, 5.41) is 10.7. The van der Waals surface area contributed by atoms with Crippen molar-refractivity contribution in [1.82, 2.24) is 10.2 Å². The molecule has 0 atom stereocenters. The highest BCUT2D eigenvalue weighted by atomic mass is 32.2. The van der Waals surface area contributed by atoms with Crippen LogP contribution in [0, 0.1) is 0 Å². The van der Waals surface area contributed by atoms with Crippen LogP contribution in [0.15, 0.2) is 12.1 Å². The van der Waals surface area contributed by atoms with Crippen molar-refractivity contribution in [2.45, 2.75) is 19.3 Å². The number of nitrogens with zero attached hydrogens (tertiary/aromatic N) is 2. The van der Waals surface area contributed by atoms with E-state index in [4.69, 9.17) is 5.73 Å². The number of unbranched alkanes of at least 4 members (excludes halogenated alkanes) is 2. The third-order valence-corrected chi connectivity index (χ3v) is 2.95. The molecule has 1 aromatic rings. The van der Waals surface area contributed by atoms with Gasteiger partial charge in [0.15, 0.2) is 5.69 Å². The highest BCUT2D eigenvalue weighted by molar-refractivity contribution is 7.98. The number of carbonyl (C=O) groups excluding carboxylic acids is 1. The van der Waals surface area contributed by atoms with Crippen LogP contribution in [0.5, 0.6) is 0 Å². The topological polar surface area (TPSA) is 80.9 Å². The van der Waals surface area contributed by atoms with Crippen LogP contribution in [0.1, 0.15) is 29.8 Å². The maximum Gasteiger partial charge on any atom is 0.269 e. The lowest BCUT2D eigenvalue weighted by atomic mass is 10.2. The number of rotatable bonds is 8. The van der Waals surface area contributed by atoms with Gasteiger partial charge in [0.2, 0.25) is 0 Å². The standard InChI is InChI=1S/C11H18N4OS/c1-17-8-4-2-3-7-13-10-6-5-9(11(12)16)14-15-10/h5-6H,2-4,7-8H2,1H3,(H2,12,16)(H,13,15). The highest BCUT2D eigenvalue weighted by Crippen LogP contribution is 2.04. The Morgan fingerprint density at radius 2 is 2.18 bits per heavy atom. The molecule has 0 radical (unpaired) electrons. The van der Waals surface area contributed by atoms with E-state index in [1.54, 1.807) is 12.1 Å². The second-order valence-corrected chi connectivity index (χ2v) is 4.63. The van der Waals surface area contributed by atoms with Crippen molar-refractivity contribution in [2.24, 2.45) is 5.73 Å². The first-order valence-electron chi connectivity index (χ1n) is 5.60. The molecule has 94 valence electrons. The fraction of sp³-hybridized carbons (Fsp3) is 0.545.